The van der Waals surface area contributed by atoms with Crippen LogP contribution in [0.4, 0.5) is 20.2 Å². The minimum atomic E-state index is -0.654. The van der Waals surface area contributed by atoms with Gasteiger partial charge in [0.15, 0.2) is 0 Å². The first-order chi connectivity index (χ1) is 9.54. The lowest BCUT2D eigenvalue weighted by Gasteiger charge is -2.08. The minimum Gasteiger partial charge on any atom is -0.353 e. The predicted octanol–water partition coefficient (Wildman–Crippen LogP) is 3.29. The third kappa shape index (κ3) is 2.11. The Labute approximate surface area is 114 Å². The molecule has 3 rings (SSSR count). The highest BCUT2D eigenvalue weighted by Crippen LogP contribution is 2.27. The molecule has 0 bridgehead atoms. The second kappa shape index (κ2) is 4.59. The topological polar surface area (TPSA) is 32.3 Å². The molecular formula is C15H12F2N2O. The van der Waals surface area contributed by atoms with Crippen molar-refractivity contribution < 1.29 is 13.6 Å². The Morgan fingerprint density at radius 3 is 2.70 bits per heavy atom. The van der Waals surface area contributed by atoms with E-state index in [9.17, 15) is 13.6 Å². The van der Waals surface area contributed by atoms with Crippen LogP contribution in [-0.4, -0.2) is 17.9 Å². The molecule has 1 heterocycles. The maximum atomic E-state index is 13.6. The van der Waals surface area contributed by atoms with E-state index < -0.39 is 11.6 Å². The molecule has 1 aliphatic heterocycles. The van der Waals surface area contributed by atoms with Crippen molar-refractivity contribution >= 4 is 17.3 Å². The predicted molar refractivity (Wildman–Crippen MR) is 71.9 cm³/mol. The van der Waals surface area contributed by atoms with E-state index in [1.54, 1.807) is 30.1 Å². The highest BCUT2D eigenvalue weighted by atomic mass is 19.1. The molecule has 2 aromatic carbocycles. The quantitative estimate of drug-likeness (QED) is 0.911. The molecule has 0 unspecified atom stereocenters. The van der Waals surface area contributed by atoms with Crippen molar-refractivity contribution in [2.24, 2.45) is 0 Å². The van der Waals surface area contributed by atoms with Crippen LogP contribution >= 0.6 is 0 Å². The van der Waals surface area contributed by atoms with Crippen LogP contribution in [0.2, 0.25) is 0 Å². The summed E-state index contributed by atoms with van der Waals surface area (Å²) in [7, 11) is 1.73. The van der Waals surface area contributed by atoms with Crippen LogP contribution < -0.4 is 5.32 Å². The molecular weight excluding hydrogens is 262 g/mol. The number of amides is 1. The summed E-state index contributed by atoms with van der Waals surface area (Å²) in [5.74, 6) is -1.28. The van der Waals surface area contributed by atoms with Crippen LogP contribution in [0.1, 0.15) is 15.9 Å². The average molecular weight is 274 g/mol. The average Bonchev–Trinajstić information content (AvgIpc) is 2.68. The zero-order chi connectivity index (χ0) is 14.3. The molecule has 0 atom stereocenters. The van der Waals surface area contributed by atoms with Gasteiger partial charge >= 0.3 is 0 Å². The number of anilines is 2. The molecule has 1 N–H and O–H groups in total. The number of hydrogen-bond acceptors (Lipinski definition) is 2. The summed E-state index contributed by atoms with van der Waals surface area (Å²) >= 11 is 0. The number of benzene rings is 2. The maximum Gasteiger partial charge on any atom is 0.254 e. The second-order valence-electron chi connectivity index (χ2n) is 4.78. The lowest BCUT2D eigenvalue weighted by molar-refractivity contribution is 0.0816. The van der Waals surface area contributed by atoms with Gasteiger partial charge in [-0.1, -0.05) is 0 Å². The zero-order valence-electron chi connectivity index (χ0n) is 10.8. The molecule has 5 heteroatoms. The van der Waals surface area contributed by atoms with E-state index in [0.29, 0.717) is 17.8 Å². The molecule has 3 nitrogen and oxygen atoms in total. The SMILES string of the molecule is CN1Cc2cc(Nc3ccc(F)cc3F)ccc2C1=O. The highest BCUT2D eigenvalue weighted by Gasteiger charge is 2.24. The molecule has 0 aliphatic carbocycles. The Balaban J connectivity index is 1.90. The molecule has 20 heavy (non-hydrogen) atoms. The van der Waals surface area contributed by atoms with Gasteiger partial charge in [-0.2, -0.15) is 0 Å². The molecule has 1 amide bonds. The fourth-order valence-corrected chi connectivity index (χ4v) is 2.29. The molecule has 1 aliphatic rings. The molecule has 0 fully saturated rings. The van der Waals surface area contributed by atoms with Crippen LogP contribution in [0.3, 0.4) is 0 Å². The van der Waals surface area contributed by atoms with Crippen LogP contribution in [0.25, 0.3) is 0 Å². The first-order valence-corrected chi connectivity index (χ1v) is 6.15. The Kier molecular flexibility index (Phi) is 2.89. The third-order valence-corrected chi connectivity index (χ3v) is 3.30. The van der Waals surface area contributed by atoms with Gasteiger partial charge in [-0.15, -0.1) is 0 Å². The molecule has 102 valence electrons. The standard InChI is InChI=1S/C15H12F2N2O/c1-19-8-9-6-11(3-4-12(9)15(19)20)18-14-5-2-10(16)7-13(14)17/h2-7,18H,8H2,1H3. The van der Waals surface area contributed by atoms with Gasteiger partial charge in [0.25, 0.3) is 5.91 Å². The van der Waals surface area contributed by atoms with Crippen LogP contribution in [0, 0.1) is 11.6 Å². The van der Waals surface area contributed by atoms with Crippen molar-refractivity contribution in [3.63, 3.8) is 0 Å². The lowest BCUT2D eigenvalue weighted by Crippen LogP contribution is -2.17. The minimum absolute atomic E-state index is 0.0143. The third-order valence-electron chi connectivity index (χ3n) is 3.30. The molecule has 0 spiro atoms. The van der Waals surface area contributed by atoms with Gasteiger partial charge in [0.05, 0.1) is 5.69 Å². The van der Waals surface area contributed by atoms with Gasteiger partial charge in [0, 0.05) is 30.9 Å². The molecule has 2 aromatic rings. The summed E-state index contributed by atoms with van der Waals surface area (Å²) in [6.07, 6.45) is 0. The van der Waals surface area contributed by atoms with Crippen molar-refractivity contribution in [2.75, 3.05) is 12.4 Å². The molecule has 0 aromatic heterocycles. The monoisotopic (exact) mass is 274 g/mol. The summed E-state index contributed by atoms with van der Waals surface area (Å²) in [6.45, 7) is 0.537. The van der Waals surface area contributed by atoms with Gasteiger partial charge in [-0.25, -0.2) is 8.78 Å². The van der Waals surface area contributed by atoms with Crippen LogP contribution in [-0.2, 0) is 6.54 Å². The van der Waals surface area contributed by atoms with Crippen molar-refractivity contribution in [1.82, 2.24) is 4.90 Å². The van der Waals surface area contributed by atoms with Crippen LogP contribution in [0.15, 0.2) is 36.4 Å². The first kappa shape index (κ1) is 12.6. The Hall–Kier alpha value is -2.43. The Morgan fingerprint density at radius 1 is 1.15 bits per heavy atom. The number of nitrogens with zero attached hydrogens (tertiary/aromatic N) is 1. The fraction of sp³-hybridized carbons (Fsp3) is 0.133. The number of carbonyl (C=O) groups is 1. The zero-order valence-corrected chi connectivity index (χ0v) is 10.8. The summed E-state index contributed by atoms with van der Waals surface area (Å²) in [4.78, 5) is 13.4. The van der Waals surface area contributed by atoms with Crippen molar-refractivity contribution in [1.29, 1.82) is 0 Å². The molecule has 0 saturated carbocycles. The van der Waals surface area contributed by atoms with E-state index in [4.69, 9.17) is 0 Å². The Morgan fingerprint density at radius 2 is 1.95 bits per heavy atom. The lowest BCUT2D eigenvalue weighted by atomic mass is 10.1. The molecule has 0 radical (unpaired) electrons. The number of hydrogen-bond donors (Lipinski definition) is 1. The van der Waals surface area contributed by atoms with E-state index in [2.05, 4.69) is 5.32 Å². The van der Waals surface area contributed by atoms with E-state index in [1.807, 2.05) is 0 Å². The van der Waals surface area contributed by atoms with E-state index in [1.165, 1.54) is 12.1 Å². The number of rotatable bonds is 2. The first-order valence-electron chi connectivity index (χ1n) is 6.15. The number of halogens is 2. The summed E-state index contributed by atoms with van der Waals surface area (Å²) in [6, 6.07) is 8.58. The van der Waals surface area contributed by atoms with E-state index in [0.717, 1.165) is 11.6 Å². The maximum absolute atomic E-state index is 13.6. The van der Waals surface area contributed by atoms with Gasteiger partial charge in [-0.05, 0) is 35.9 Å². The second-order valence-corrected chi connectivity index (χ2v) is 4.78. The Bertz CT molecular complexity index is 700. The van der Waals surface area contributed by atoms with E-state index >= 15 is 0 Å². The van der Waals surface area contributed by atoms with Crippen molar-refractivity contribution in [3.05, 3.63) is 59.2 Å². The van der Waals surface area contributed by atoms with Crippen molar-refractivity contribution in [3.8, 4) is 0 Å². The van der Waals surface area contributed by atoms with Crippen molar-refractivity contribution in [2.45, 2.75) is 6.54 Å². The summed E-state index contributed by atoms with van der Waals surface area (Å²) in [5, 5.41) is 2.89. The van der Waals surface area contributed by atoms with Gasteiger partial charge < -0.3 is 10.2 Å². The smallest absolute Gasteiger partial charge is 0.254 e. The number of fused-ring (bicyclic) bond motifs is 1. The van der Waals surface area contributed by atoms with Gasteiger partial charge in [-0.3, -0.25) is 4.79 Å². The van der Waals surface area contributed by atoms with Gasteiger partial charge in [0.2, 0.25) is 0 Å². The summed E-state index contributed by atoms with van der Waals surface area (Å²) in [5.41, 5.74) is 2.42. The number of carbonyl (C=O) groups excluding carboxylic acids is 1. The van der Waals surface area contributed by atoms with E-state index in [-0.39, 0.29) is 11.6 Å². The van der Waals surface area contributed by atoms with Gasteiger partial charge in [0.1, 0.15) is 11.6 Å². The largest absolute Gasteiger partial charge is 0.353 e. The molecule has 0 saturated heterocycles. The van der Waals surface area contributed by atoms with Crippen LogP contribution in [0.5, 0.6) is 0 Å². The normalized spacial score (nSPS) is 13.6. The number of nitrogens with one attached hydrogen (secondary N) is 1. The summed E-state index contributed by atoms with van der Waals surface area (Å²) < 4.78 is 26.4. The fourth-order valence-electron chi connectivity index (χ4n) is 2.29. The highest BCUT2D eigenvalue weighted by molar-refractivity contribution is 5.98.